The summed E-state index contributed by atoms with van der Waals surface area (Å²) in [7, 11) is 1.58. The molecule has 0 spiro atoms. The van der Waals surface area contributed by atoms with Gasteiger partial charge in [0.1, 0.15) is 6.61 Å². The van der Waals surface area contributed by atoms with Gasteiger partial charge in [-0.25, -0.2) is 0 Å². The van der Waals surface area contributed by atoms with Crippen LogP contribution in [0.4, 0.5) is 0 Å². The second-order valence-corrected chi connectivity index (χ2v) is 5.25. The van der Waals surface area contributed by atoms with Crippen LogP contribution in [-0.2, 0) is 9.53 Å². The number of ether oxygens (including phenoxy) is 1. The Hall–Kier alpha value is -1.35. The molecule has 104 valence electrons. The van der Waals surface area contributed by atoms with Crippen molar-refractivity contribution >= 4 is 5.91 Å². The van der Waals surface area contributed by atoms with Crippen molar-refractivity contribution in [1.29, 1.82) is 0 Å². The molecule has 3 heteroatoms. The Bertz CT molecular complexity index is 404. The number of rotatable bonds is 4. The Morgan fingerprint density at radius 1 is 1.37 bits per heavy atom. The third kappa shape index (κ3) is 3.35. The maximum Gasteiger partial charge on any atom is 0.248 e. The minimum absolute atomic E-state index is 0.118. The van der Waals surface area contributed by atoms with Crippen LogP contribution >= 0.6 is 0 Å². The fraction of sp³-hybridized carbons (Fsp3) is 0.562. The molecule has 1 heterocycles. The second-order valence-electron chi connectivity index (χ2n) is 5.25. The van der Waals surface area contributed by atoms with Gasteiger partial charge in [-0.15, -0.1) is 0 Å². The Morgan fingerprint density at radius 2 is 2.11 bits per heavy atom. The van der Waals surface area contributed by atoms with Crippen LogP contribution in [0.3, 0.4) is 0 Å². The van der Waals surface area contributed by atoms with Gasteiger partial charge in [0.15, 0.2) is 0 Å². The predicted molar refractivity (Wildman–Crippen MR) is 76.0 cm³/mol. The topological polar surface area (TPSA) is 29.5 Å². The van der Waals surface area contributed by atoms with Crippen LogP contribution in [0.1, 0.15) is 31.2 Å². The summed E-state index contributed by atoms with van der Waals surface area (Å²) in [4.78, 5) is 13.9. The largest absolute Gasteiger partial charge is 0.375 e. The highest BCUT2D eigenvalue weighted by atomic mass is 16.5. The van der Waals surface area contributed by atoms with Gasteiger partial charge in [-0.2, -0.15) is 0 Å². The summed E-state index contributed by atoms with van der Waals surface area (Å²) in [5, 5.41) is 0. The normalized spacial score (nSPS) is 23.4. The maximum absolute atomic E-state index is 11.9. The van der Waals surface area contributed by atoms with Gasteiger partial charge in [-0.05, 0) is 23.8 Å². The summed E-state index contributed by atoms with van der Waals surface area (Å²) in [6, 6.07) is 10.7. The molecule has 1 saturated heterocycles. The number of piperidine rings is 1. The Morgan fingerprint density at radius 3 is 2.74 bits per heavy atom. The first-order valence-corrected chi connectivity index (χ1v) is 7.08. The number of hydrogen-bond acceptors (Lipinski definition) is 2. The number of carbonyl (C=O) groups is 1. The van der Waals surface area contributed by atoms with Gasteiger partial charge < -0.3 is 9.64 Å². The van der Waals surface area contributed by atoms with Crippen molar-refractivity contribution in [2.45, 2.75) is 25.7 Å². The lowest BCUT2D eigenvalue weighted by Crippen LogP contribution is -2.44. The summed E-state index contributed by atoms with van der Waals surface area (Å²) >= 11 is 0. The van der Waals surface area contributed by atoms with Gasteiger partial charge in [0.2, 0.25) is 5.91 Å². The number of nitrogens with zero attached hydrogens (tertiary/aromatic N) is 1. The fourth-order valence-electron chi connectivity index (χ4n) is 3.03. The zero-order valence-electron chi connectivity index (χ0n) is 11.8. The third-order valence-corrected chi connectivity index (χ3v) is 4.11. The number of likely N-dealkylation sites (tertiary alicyclic amines) is 1. The first-order chi connectivity index (χ1) is 9.26. The summed E-state index contributed by atoms with van der Waals surface area (Å²) in [5.41, 5.74) is 1.41. The Labute approximate surface area is 115 Å². The molecule has 0 radical (unpaired) electrons. The first kappa shape index (κ1) is 14.1. The van der Waals surface area contributed by atoms with Crippen LogP contribution in [0.5, 0.6) is 0 Å². The van der Waals surface area contributed by atoms with E-state index in [1.807, 2.05) is 4.90 Å². The van der Waals surface area contributed by atoms with Crippen LogP contribution in [-0.4, -0.2) is 37.6 Å². The van der Waals surface area contributed by atoms with Crippen molar-refractivity contribution in [3.05, 3.63) is 35.9 Å². The lowest BCUT2D eigenvalue weighted by atomic mass is 9.79. The first-order valence-electron chi connectivity index (χ1n) is 7.08. The van der Waals surface area contributed by atoms with E-state index in [2.05, 4.69) is 37.3 Å². The summed E-state index contributed by atoms with van der Waals surface area (Å²) in [6.07, 6.45) is 2.16. The van der Waals surface area contributed by atoms with Crippen molar-refractivity contribution < 1.29 is 9.53 Å². The zero-order chi connectivity index (χ0) is 13.7. The van der Waals surface area contributed by atoms with E-state index >= 15 is 0 Å². The smallest absolute Gasteiger partial charge is 0.248 e. The highest BCUT2D eigenvalue weighted by molar-refractivity contribution is 5.77. The maximum atomic E-state index is 11.9. The molecule has 1 fully saturated rings. The van der Waals surface area contributed by atoms with Crippen LogP contribution in [0, 0.1) is 5.92 Å². The fourth-order valence-corrected chi connectivity index (χ4v) is 3.03. The van der Waals surface area contributed by atoms with Crippen molar-refractivity contribution in [2.75, 3.05) is 26.8 Å². The quantitative estimate of drug-likeness (QED) is 0.834. The average Bonchev–Trinajstić information content (AvgIpc) is 2.47. The van der Waals surface area contributed by atoms with E-state index in [1.54, 1.807) is 7.11 Å². The van der Waals surface area contributed by atoms with Gasteiger partial charge >= 0.3 is 0 Å². The molecule has 1 aliphatic heterocycles. The minimum Gasteiger partial charge on any atom is -0.375 e. The Kier molecular flexibility index (Phi) is 4.97. The van der Waals surface area contributed by atoms with E-state index in [-0.39, 0.29) is 12.5 Å². The molecule has 0 bridgehead atoms. The van der Waals surface area contributed by atoms with Crippen molar-refractivity contribution in [2.24, 2.45) is 5.92 Å². The van der Waals surface area contributed by atoms with E-state index in [9.17, 15) is 4.79 Å². The number of carbonyl (C=O) groups excluding carboxylic acids is 1. The van der Waals surface area contributed by atoms with E-state index in [1.165, 1.54) is 5.56 Å². The summed E-state index contributed by atoms with van der Waals surface area (Å²) in [5.74, 6) is 1.25. The number of hydrogen-bond donors (Lipinski definition) is 0. The van der Waals surface area contributed by atoms with Crippen molar-refractivity contribution in [3.63, 3.8) is 0 Å². The molecular weight excluding hydrogens is 238 g/mol. The molecule has 1 aliphatic rings. The highest BCUT2D eigenvalue weighted by Crippen LogP contribution is 2.34. The van der Waals surface area contributed by atoms with Crippen LogP contribution in [0.2, 0.25) is 0 Å². The molecule has 2 atom stereocenters. The lowest BCUT2D eigenvalue weighted by Gasteiger charge is -2.38. The van der Waals surface area contributed by atoms with Crippen molar-refractivity contribution in [1.82, 2.24) is 4.90 Å². The third-order valence-electron chi connectivity index (χ3n) is 4.11. The molecule has 2 rings (SSSR count). The molecule has 0 saturated carbocycles. The molecule has 1 amide bonds. The zero-order valence-corrected chi connectivity index (χ0v) is 11.8. The van der Waals surface area contributed by atoms with E-state index in [4.69, 9.17) is 4.74 Å². The van der Waals surface area contributed by atoms with E-state index in [0.717, 1.165) is 25.9 Å². The van der Waals surface area contributed by atoms with Crippen molar-refractivity contribution in [3.8, 4) is 0 Å². The molecule has 0 aliphatic carbocycles. The van der Waals surface area contributed by atoms with E-state index < -0.39 is 0 Å². The van der Waals surface area contributed by atoms with Gasteiger partial charge in [-0.3, -0.25) is 4.79 Å². The van der Waals surface area contributed by atoms with Crippen LogP contribution in [0.15, 0.2) is 30.3 Å². The van der Waals surface area contributed by atoms with Gasteiger partial charge in [0, 0.05) is 20.2 Å². The molecule has 0 unspecified atom stereocenters. The number of amides is 1. The summed E-state index contributed by atoms with van der Waals surface area (Å²) in [6.45, 7) is 4.12. The van der Waals surface area contributed by atoms with Crippen LogP contribution < -0.4 is 0 Å². The minimum atomic E-state index is 0.118. The lowest BCUT2D eigenvalue weighted by molar-refractivity contribution is -0.137. The van der Waals surface area contributed by atoms with Gasteiger partial charge in [0.05, 0.1) is 0 Å². The SMILES string of the molecule is CC[C@H]1CN(C(=O)COC)CC[C@@H]1c1ccccc1. The molecule has 3 nitrogen and oxygen atoms in total. The van der Waals surface area contributed by atoms with Gasteiger partial charge in [-0.1, -0.05) is 43.7 Å². The standard InChI is InChI=1S/C16H23NO2/c1-3-13-11-17(16(18)12-19-2)10-9-15(13)14-7-5-4-6-8-14/h4-8,13,15H,3,9-12H2,1-2H3/t13-,15-/m0/s1. The van der Waals surface area contributed by atoms with E-state index in [0.29, 0.717) is 11.8 Å². The predicted octanol–water partition coefficient (Wildman–Crippen LogP) is 2.68. The average molecular weight is 261 g/mol. The molecular formula is C16H23NO2. The molecule has 19 heavy (non-hydrogen) atoms. The molecule has 1 aromatic rings. The number of benzene rings is 1. The molecule has 0 N–H and O–H groups in total. The highest BCUT2D eigenvalue weighted by Gasteiger charge is 2.30. The summed E-state index contributed by atoms with van der Waals surface area (Å²) < 4.78 is 4.95. The Balaban J connectivity index is 2.05. The molecule has 1 aromatic carbocycles. The van der Waals surface area contributed by atoms with Gasteiger partial charge in [0.25, 0.3) is 0 Å². The molecule has 0 aromatic heterocycles. The second kappa shape index (κ2) is 6.71. The van der Waals surface area contributed by atoms with Crippen LogP contribution in [0.25, 0.3) is 0 Å². The number of methoxy groups -OCH3 is 1. The monoisotopic (exact) mass is 261 g/mol.